The number of aromatic amines is 1. The highest BCUT2D eigenvalue weighted by Crippen LogP contribution is 2.37. The largest absolute Gasteiger partial charge is 0.359 e. The van der Waals surface area contributed by atoms with E-state index in [4.69, 9.17) is 4.98 Å². The van der Waals surface area contributed by atoms with E-state index in [1.165, 1.54) is 0 Å². The van der Waals surface area contributed by atoms with Gasteiger partial charge in [0.2, 0.25) is 5.95 Å². The predicted molar refractivity (Wildman–Crippen MR) is 132 cm³/mol. The summed E-state index contributed by atoms with van der Waals surface area (Å²) in [7, 11) is 1.90. The van der Waals surface area contributed by atoms with Crippen molar-refractivity contribution in [2.75, 3.05) is 10.2 Å². The monoisotopic (exact) mass is 449 g/mol. The van der Waals surface area contributed by atoms with Crippen LogP contribution in [0.5, 0.6) is 0 Å². The molecule has 0 saturated carbocycles. The van der Waals surface area contributed by atoms with Gasteiger partial charge in [-0.3, -0.25) is 9.48 Å². The lowest BCUT2D eigenvalue weighted by Crippen LogP contribution is -2.23. The molecule has 0 atom stereocenters. The predicted octanol–water partition coefficient (Wildman–Crippen LogP) is 4.88. The van der Waals surface area contributed by atoms with Crippen molar-refractivity contribution in [3.05, 3.63) is 83.3 Å². The summed E-state index contributed by atoms with van der Waals surface area (Å²) >= 11 is 0. The lowest BCUT2D eigenvalue weighted by molar-refractivity contribution is 0.0997. The van der Waals surface area contributed by atoms with Gasteiger partial charge in [-0.25, -0.2) is 9.97 Å². The number of nitrogens with zero attached hydrogens (tertiary/aromatic N) is 5. The highest BCUT2D eigenvalue weighted by molar-refractivity contribution is 6.14. The van der Waals surface area contributed by atoms with Crippen LogP contribution in [0.2, 0.25) is 0 Å². The number of H-pyrrole nitrogens is 1. The van der Waals surface area contributed by atoms with Gasteiger partial charge in [-0.1, -0.05) is 30.3 Å². The van der Waals surface area contributed by atoms with Gasteiger partial charge in [0.1, 0.15) is 0 Å². The van der Waals surface area contributed by atoms with Crippen molar-refractivity contribution in [2.45, 2.75) is 20.4 Å². The zero-order chi connectivity index (χ0) is 23.4. The summed E-state index contributed by atoms with van der Waals surface area (Å²) in [5.41, 5.74) is 7.36. The van der Waals surface area contributed by atoms with Gasteiger partial charge in [-0.15, -0.1) is 0 Å². The van der Waals surface area contributed by atoms with Crippen molar-refractivity contribution >= 4 is 34.3 Å². The molecular formula is C26H23N7O. The molecule has 0 radical (unpaired) electrons. The van der Waals surface area contributed by atoms with Crippen LogP contribution in [0, 0.1) is 13.8 Å². The fraction of sp³-hybridized carbons (Fsp3) is 0.154. The molecule has 0 saturated heterocycles. The number of hydrogen-bond donors (Lipinski definition) is 2. The van der Waals surface area contributed by atoms with Crippen molar-refractivity contribution in [1.82, 2.24) is 24.7 Å². The molecule has 3 aromatic heterocycles. The Morgan fingerprint density at radius 1 is 1.06 bits per heavy atom. The Morgan fingerprint density at radius 2 is 1.91 bits per heavy atom. The molecule has 5 aromatic rings. The molecule has 2 aromatic carbocycles. The smallest absolute Gasteiger partial charge is 0.259 e. The Bertz CT molecular complexity index is 1560. The van der Waals surface area contributed by atoms with Crippen molar-refractivity contribution < 1.29 is 4.79 Å². The summed E-state index contributed by atoms with van der Waals surface area (Å²) in [6.07, 6.45) is 3.76. The molecule has 0 spiro atoms. The minimum Gasteiger partial charge on any atom is -0.359 e. The fourth-order valence-corrected chi connectivity index (χ4v) is 4.52. The van der Waals surface area contributed by atoms with E-state index in [1.807, 2.05) is 80.7 Å². The van der Waals surface area contributed by atoms with E-state index in [0.29, 0.717) is 18.3 Å². The molecule has 168 valence electrons. The second-order valence-electron chi connectivity index (χ2n) is 8.60. The molecule has 0 unspecified atom stereocenters. The van der Waals surface area contributed by atoms with Crippen molar-refractivity contribution in [2.24, 2.45) is 7.05 Å². The van der Waals surface area contributed by atoms with Crippen LogP contribution in [0.25, 0.3) is 22.2 Å². The highest BCUT2D eigenvalue weighted by atomic mass is 16.2. The van der Waals surface area contributed by atoms with E-state index < -0.39 is 0 Å². The van der Waals surface area contributed by atoms with E-state index in [-0.39, 0.29) is 5.91 Å². The lowest BCUT2D eigenvalue weighted by Gasteiger charge is -2.17. The zero-order valence-corrected chi connectivity index (χ0v) is 19.1. The first-order chi connectivity index (χ1) is 16.5. The number of amides is 1. The lowest BCUT2D eigenvalue weighted by atomic mass is 10.1. The maximum Gasteiger partial charge on any atom is 0.259 e. The van der Waals surface area contributed by atoms with Crippen LogP contribution in [-0.4, -0.2) is 30.6 Å². The van der Waals surface area contributed by atoms with Gasteiger partial charge >= 0.3 is 0 Å². The molecule has 0 bridgehead atoms. The molecule has 2 N–H and O–H groups in total. The van der Waals surface area contributed by atoms with Crippen LogP contribution in [0.1, 0.15) is 27.2 Å². The summed E-state index contributed by atoms with van der Waals surface area (Å²) in [6, 6.07) is 15.7. The molecule has 0 fully saturated rings. The first-order valence-corrected chi connectivity index (χ1v) is 11.1. The Hall–Kier alpha value is -4.46. The van der Waals surface area contributed by atoms with E-state index in [1.54, 1.807) is 4.68 Å². The third-order valence-electron chi connectivity index (χ3n) is 6.39. The molecule has 0 aliphatic carbocycles. The van der Waals surface area contributed by atoms with Crippen LogP contribution in [-0.2, 0) is 13.6 Å². The van der Waals surface area contributed by atoms with Crippen molar-refractivity contribution in [1.29, 1.82) is 0 Å². The fourth-order valence-electron chi connectivity index (χ4n) is 4.52. The van der Waals surface area contributed by atoms with Gasteiger partial charge < -0.3 is 15.2 Å². The van der Waals surface area contributed by atoms with Crippen LogP contribution >= 0.6 is 0 Å². The van der Waals surface area contributed by atoms with E-state index in [0.717, 1.165) is 50.2 Å². The summed E-state index contributed by atoms with van der Waals surface area (Å²) in [6.45, 7) is 4.55. The summed E-state index contributed by atoms with van der Waals surface area (Å²) in [5.74, 6) is 1.20. The summed E-state index contributed by atoms with van der Waals surface area (Å²) in [4.78, 5) is 27.6. The number of hydrogen-bond acceptors (Lipinski definition) is 5. The van der Waals surface area contributed by atoms with Gasteiger partial charge in [-0.05, 0) is 37.1 Å². The molecular weight excluding hydrogens is 426 g/mol. The standard InChI is InChI=1S/C26H23N7O/c1-15-12-28-26(29-22-11-16(2)32(3)31-22)30-23(15)20-13-27-24-19(20)9-6-10-21(24)33-14-17-7-4-5-8-18(17)25(33)34/h4-13,27H,14H2,1-3H3,(H,28,29,30,31). The molecule has 1 aliphatic heterocycles. The van der Waals surface area contributed by atoms with Crippen molar-refractivity contribution in [3.63, 3.8) is 0 Å². The Morgan fingerprint density at radius 3 is 2.71 bits per heavy atom. The topological polar surface area (TPSA) is 91.7 Å². The van der Waals surface area contributed by atoms with E-state index >= 15 is 0 Å². The molecule has 8 nitrogen and oxygen atoms in total. The molecule has 1 amide bonds. The number of carbonyl (C=O) groups excluding carboxylic acids is 1. The normalized spacial score (nSPS) is 13.0. The van der Waals surface area contributed by atoms with Gasteiger partial charge in [0.15, 0.2) is 5.82 Å². The third-order valence-corrected chi connectivity index (χ3v) is 6.39. The number of carbonyl (C=O) groups is 1. The van der Waals surface area contributed by atoms with E-state index in [2.05, 4.69) is 26.4 Å². The Balaban J connectivity index is 1.40. The number of para-hydroxylation sites is 1. The zero-order valence-electron chi connectivity index (χ0n) is 19.1. The van der Waals surface area contributed by atoms with E-state index in [9.17, 15) is 4.79 Å². The Labute approximate surface area is 196 Å². The van der Waals surface area contributed by atoms with Gasteiger partial charge in [0.25, 0.3) is 5.91 Å². The number of fused-ring (bicyclic) bond motifs is 2. The number of anilines is 3. The van der Waals surface area contributed by atoms with Crippen LogP contribution < -0.4 is 10.2 Å². The molecule has 34 heavy (non-hydrogen) atoms. The molecule has 6 rings (SSSR count). The van der Waals surface area contributed by atoms with Crippen LogP contribution in [0.4, 0.5) is 17.5 Å². The average molecular weight is 450 g/mol. The number of rotatable bonds is 4. The molecule has 1 aliphatic rings. The van der Waals surface area contributed by atoms with Crippen LogP contribution in [0.3, 0.4) is 0 Å². The van der Waals surface area contributed by atoms with Gasteiger partial charge in [0, 0.05) is 47.7 Å². The minimum absolute atomic E-state index is 0.0228. The van der Waals surface area contributed by atoms with Crippen LogP contribution in [0.15, 0.2) is 60.9 Å². The molecule has 8 heteroatoms. The summed E-state index contributed by atoms with van der Waals surface area (Å²) in [5, 5.41) is 8.63. The minimum atomic E-state index is 0.0228. The number of nitrogens with one attached hydrogen (secondary N) is 2. The second-order valence-corrected chi connectivity index (χ2v) is 8.60. The number of benzene rings is 2. The number of aromatic nitrogens is 5. The summed E-state index contributed by atoms with van der Waals surface area (Å²) < 4.78 is 1.80. The van der Waals surface area contributed by atoms with Crippen molar-refractivity contribution in [3.8, 4) is 11.3 Å². The first kappa shape index (κ1) is 20.2. The quantitative estimate of drug-likeness (QED) is 0.408. The first-order valence-electron chi connectivity index (χ1n) is 11.1. The SMILES string of the molecule is Cc1cnc(Nc2cc(C)n(C)n2)nc1-c1c[nH]c2c(N3Cc4ccccc4C3=O)cccc12. The molecule has 4 heterocycles. The average Bonchev–Trinajstić information content (AvgIpc) is 3.51. The van der Waals surface area contributed by atoms with Gasteiger partial charge in [-0.2, -0.15) is 5.10 Å². The Kier molecular flexibility index (Phi) is 4.48. The highest BCUT2D eigenvalue weighted by Gasteiger charge is 2.29. The van der Waals surface area contributed by atoms with Gasteiger partial charge in [0.05, 0.1) is 23.4 Å². The second kappa shape index (κ2) is 7.55. The maximum absolute atomic E-state index is 13.1. The maximum atomic E-state index is 13.1. The third kappa shape index (κ3) is 3.14. The number of aryl methyl sites for hydroxylation is 3.